The molecule has 0 saturated carbocycles. The summed E-state index contributed by atoms with van der Waals surface area (Å²) >= 11 is 0. The van der Waals surface area contributed by atoms with Gasteiger partial charge in [-0.1, -0.05) is 0 Å². The predicted octanol–water partition coefficient (Wildman–Crippen LogP) is 0.450. The minimum Gasteiger partial charge on any atom is -0.348 e. The van der Waals surface area contributed by atoms with E-state index in [-0.39, 0.29) is 0 Å². The smallest absolute Gasteiger partial charge is 0.348 e. The van der Waals surface area contributed by atoms with Gasteiger partial charge in [-0.05, 0) is 6.92 Å². The number of nitrogens with one attached hydrogen (secondary N) is 1. The van der Waals surface area contributed by atoms with E-state index in [1.807, 2.05) is 0 Å². The number of nitrogens with zero attached hydrogens (tertiary/aromatic N) is 1. The van der Waals surface area contributed by atoms with Gasteiger partial charge < -0.3 is 14.8 Å². The Morgan fingerprint density at radius 1 is 1.77 bits per heavy atom. The molecule has 0 spiro atoms. The van der Waals surface area contributed by atoms with Crippen LogP contribution in [0.2, 0.25) is 0 Å². The molecule has 3 N–H and O–H groups in total. The van der Waals surface area contributed by atoms with Crippen LogP contribution in [0.3, 0.4) is 0 Å². The topological polar surface area (TPSA) is 95.4 Å². The molecule has 7 heteroatoms. The van der Waals surface area contributed by atoms with E-state index in [0.29, 0.717) is 6.42 Å². The summed E-state index contributed by atoms with van der Waals surface area (Å²) in [5.74, 6) is 0. The number of imidazole rings is 1. The fraction of sp³-hybridized carbons (Fsp3) is 0.500. The van der Waals surface area contributed by atoms with Gasteiger partial charge in [0.25, 0.3) is 0 Å². The molecule has 1 aromatic heterocycles. The number of rotatable bonds is 4. The van der Waals surface area contributed by atoms with E-state index in [9.17, 15) is 4.57 Å². The van der Waals surface area contributed by atoms with E-state index in [1.165, 1.54) is 6.33 Å². The van der Waals surface area contributed by atoms with Gasteiger partial charge in [-0.3, -0.25) is 4.52 Å². The fourth-order valence-corrected chi connectivity index (χ4v) is 1.52. The Morgan fingerprint density at radius 2 is 2.46 bits per heavy atom. The zero-order valence-electron chi connectivity index (χ0n) is 7.04. The summed E-state index contributed by atoms with van der Waals surface area (Å²) in [7, 11) is -4.37. The van der Waals surface area contributed by atoms with Crippen LogP contribution in [-0.2, 0) is 15.5 Å². The number of aromatic amines is 1. The van der Waals surface area contributed by atoms with Crippen molar-refractivity contribution in [1.82, 2.24) is 9.97 Å². The third-order valence-electron chi connectivity index (χ3n) is 1.38. The zero-order valence-corrected chi connectivity index (χ0v) is 7.94. The Morgan fingerprint density at radius 3 is 2.92 bits per heavy atom. The SMILES string of the molecule is CC(Cc1cnc[nH]1)OP(=O)(O)O. The quantitative estimate of drug-likeness (QED) is 0.621. The van der Waals surface area contributed by atoms with Crippen LogP contribution in [0.15, 0.2) is 12.5 Å². The van der Waals surface area contributed by atoms with Crippen LogP contribution < -0.4 is 0 Å². The van der Waals surface area contributed by atoms with Gasteiger partial charge in [0.15, 0.2) is 0 Å². The maximum atomic E-state index is 10.4. The minimum absolute atomic E-state index is 0.394. The van der Waals surface area contributed by atoms with Crippen LogP contribution in [-0.4, -0.2) is 25.9 Å². The van der Waals surface area contributed by atoms with Crippen LogP contribution in [0, 0.1) is 0 Å². The number of H-pyrrole nitrogens is 1. The molecule has 1 heterocycles. The average Bonchev–Trinajstić information content (AvgIpc) is 2.34. The summed E-state index contributed by atoms with van der Waals surface area (Å²) < 4.78 is 14.8. The van der Waals surface area contributed by atoms with Gasteiger partial charge in [0.1, 0.15) is 0 Å². The van der Waals surface area contributed by atoms with Crippen molar-refractivity contribution in [1.29, 1.82) is 0 Å². The summed E-state index contributed by atoms with van der Waals surface area (Å²) in [6, 6.07) is 0. The van der Waals surface area contributed by atoms with Crippen LogP contribution in [0.5, 0.6) is 0 Å². The van der Waals surface area contributed by atoms with Gasteiger partial charge in [0.2, 0.25) is 0 Å². The van der Waals surface area contributed by atoms with E-state index in [1.54, 1.807) is 13.1 Å². The maximum absolute atomic E-state index is 10.4. The molecule has 0 fully saturated rings. The lowest BCUT2D eigenvalue weighted by Gasteiger charge is -2.11. The lowest BCUT2D eigenvalue weighted by Crippen LogP contribution is -2.10. The highest BCUT2D eigenvalue weighted by Gasteiger charge is 2.19. The molecule has 0 aliphatic carbocycles. The van der Waals surface area contributed by atoms with E-state index in [0.717, 1.165) is 5.69 Å². The van der Waals surface area contributed by atoms with Crippen LogP contribution in [0.4, 0.5) is 0 Å². The Bertz CT molecular complexity index is 294. The summed E-state index contributed by atoms with van der Waals surface area (Å²) in [5, 5.41) is 0. The van der Waals surface area contributed by atoms with Crippen LogP contribution in [0.1, 0.15) is 12.6 Å². The molecule has 0 saturated heterocycles. The highest BCUT2D eigenvalue weighted by Crippen LogP contribution is 2.37. The van der Waals surface area contributed by atoms with Crippen LogP contribution in [0.25, 0.3) is 0 Å². The molecule has 13 heavy (non-hydrogen) atoms. The first-order valence-electron chi connectivity index (χ1n) is 3.68. The van der Waals surface area contributed by atoms with Crippen molar-refractivity contribution < 1.29 is 18.9 Å². The predicted molar refractivity (Wildman–Crippen MR) is 44.9 cm³/mol. The molecular formula is C6H11N2O4P. The second-order valence-electron chi connectivity index (χ2n) is 2.69. The van der Waals surface area contributed by atoms with E-state index < -0.39 is 13.9 Å². The van der Waals surface area contributed by atoms with Crippen molar-refractivity contribution in [3.05, 3.63) is 18.2 Å². The molecule has 0 amide bonds. The monoisotopic (exact) mass is 206 g/mol. The molecule has 0 aromatic carbocycles. The van der Waals surface area contributed by atoms with Crippen molar-refractivity contribution in [2.75, 3.05) is 0 Å². The second-order valence-corrected chi connectivity index (χ2v) is 3.88. The highest BCUT2D eigenvalue weighted by atomic mass is 31.2. The molecule has 1 unspecified atom stereocenters. The Hall–Kier alpha value is -0.680. The van der Waals surface area contributed by atoms with Crippen molar-refractivity contribution in [2.45, 2.75) is 19.4 Å². The summed E-state index contributed by atoms with van der Waals surface area (Å²) in [4.78, 5) is 23.5. The Kier molecular flexibility index (Phi) is 3.22. The molecule has 74 valence electrons. The van der Waals surface area contributed by atoms with Crippen molar-refractivity contribution >= 4 is 7.82 Å². The molecule has 1 aromatic rings. The van der Waals surface area contributed by atoms with E-state index >= 15 is 0 Å². The third-order valence-corrected chi connectivity index (χ3v) is 2.01. The summed E-state index contributed by atoms with van der Waals surface area (Å²) in [6.07, 6.45) is 2.94. The molecule has 6 nitrogen and oxygen atoms in total. The molecule has 0 aliphatic rings. The van der Waals surface area contributed by atoms with Crippen molar-refractivity contribution in [3.63, 3.8) is 0 Å². The number of hydrogen-bond acceptors (Lipinski definition) is 3. The van der Waals surface area contributed by atoms with Gasteiger partial charge in [-0.2, -0.15) is 0 Å². The normalized spacial score (nSPS) is 14.4. The third kappa shape index (κ3) is 4.19. The fourth-order valence-electron chi connectivity index (χ4n) is 0.978. The molecular weight excluding hydrogens is 195 g/mol. The Balaban J connectivity index is 2.43. The summed E-state index contributed by atoms with van der Waals surface area (Å²) in [5.41, 5.74) is 0.779. The zero-order chi connectivity index (χ0) is 9.90. The molecule has 0 bridgehead atoms. The van der Waals surface area contributed by atoms with Crippen molar-refractivity contribution in [2.24, 2.45) is 0 Å². The van der Waals surface area contributed by atoms with Gasteiger partial charge >= 0.3 is 7.82 Å². The van der Waals surface area contributed by atoms with Gasteiger partial charge in [0, 0.05) is 18.3 Å². The largest absolute Gasteiger partial charge is 0.469 e. The lowest BCUT2D eigenvalue weighted by molar-refractivity contribution is 0.144. The minimum atomic E-state index is -4.37. The Labute approximate surface area is 75.2 Å². The molecule has 1 rings (SSSR count). The molecule has 1 atom stereocenters. The lowest BCUT2D eigenvalue weighted by atomic mass is 10.2. The summed E-state index contributed by atoms with van der Waals surface area (Å²) in [6.45, 7) is 1.58. The van der Waals surface area contributed by atoms with Gasteiger partial charge in [-0.25, -0.2) is 9.55 Å². The second kappa shape index (κ2) is 4.02. The van der Waals surface area contributed by atoms with E-state index in [2.05, 4.69) is 14.5 Å². The molecule has 0 aliphatic heterocycles. The number of phosphoric ester groups is 1. The van der Waals surface area contributed by atoms with Crippen LogP contribution >= 0.6 is 7.82 Å². The van der Waals surface area contributed by atoms with E-state index in [4.69, 9.17) is 9.79 Å². The first kappa shape index (κ1) is 10.4. The standard InChI is InChI=1S/C6H11N2O4P/c1-5(12-13(9,10)11)2-6-3-7-4-8-6/h3-5H,2H2,1H3,(H,7,8)(H2,9,10,11). The number of phosphoric acid groups is 1. The van der Waals surface area contributed by atoms with Crippen molar-refractivity contribution in [3.8, 4) is 0 Å². The molecule has 0 radical (unpaired) electrons. The van der Waals surface area contributed by atoms with Gasteiger partial charge in [0.05, 0.1) is 12.4 Å². The van der Waals surface area contributed by atoms with Gasteiger partial charge in [-0.15, -0.1) is 0 Å². The first-order valence-corrected chi connectivity index (χ1v) is 5.21. The first-order chi connectivity index (χ1) is 5.97. The average molecular weight is 206 g/mol. The number of hydrogen-bond donors (Lipinski definition) is 3. The number of aromatic nitrogens is 2. The maximum Gasteiger partial charge on any atom is 0.469 e. The highest BCUT2D eigenvalue weighted by molar-refractivity contribution is 7.46.